The van der Waals surface area contributed by atoms with Gasteiger partial charge in [-0.1, -0.05) is 64.5 Å². The van der Waals surface area contributed by atoms with Crippen LogP contribution in [0.4, 0.5) is 0 Å². The van der Waals surface area contributed by atoms with E-state index >= 15 is 0 Å². The van der Waals surface area contributed by atoms with E-state index in [-0.39, 0.29) is 6.42 Å². The first kappa shape index (κ1) is 21.5. The van der Waals surface area contributed by atoms with Gasteiger partial charge in [0.25, 0.3) is 0 Å². The topological polar surface area (TPSA) is 57.5 Å². The minimum Gasteiger partial charge on any atom is -0.481 e. The van der Waals surface area contributed by atoms with Crippen LogP contribution in [-0.2, 0) is 4.79 Å². The minimum atomic E-state index is -0.745. The average Bonchev–Trinajstić information content (AvgIpc) is 2.45. The molecule has 0 amide bonds. The molecular formula is C17H34O3. The van der Waals surface area contributed by atoms with Crippen LogP contribution in [0, 0.1) is 0 Å². The maximum absolute atomic E-state index is 9.37. The smallest absolute Gasteiger partial charge is 0.303 e. The molecule has 0 aliphatic carbocycles. The number of carboxylic acid groups (broad SMARTS) is 1. The maximum Gasteiger partial charge on any atom is 0.303 e. The van der Waals surface area contributed by atoms with E-state index in [1.807, 2.05) is 0 Å². The van der Waals surface area contributed by atoms with Crippen LogP contribution in [0.25, 0.3) is 0 Å². The quantitative estimate of drug-likeness (QED) is 0.395. The lowest BCUT2D eigenvalue weighted by Gasteiger charge is -1.98. The summed E-state index contributed by atoms with van der Waals surface area (Å²) in [5.74, 6) is -0.745. The van der Waals surface area contributed by atoms with Gasteiger partial charge in [-0.2, -0.15) is 0 Å². The first-order valence-corrected chi connectivity index (χ1v) is 8.16. The van der Waals surface area contributed by atoms with Crippen molar-refractivity contribution in [3.63, 3.8) is 0 Å². The first-order chi connectivity index (χ1) is 9.68. The summed E-state index contributed by atoms with van der Waals surface area (Å²) in [7, 11) is 0. The Kier molecular flexibility index (Phi) is 22.0. The lowest BCUT2D eigenvalue weighted by molar-refractivity contribution is -0.136. The highest BCUT2D eigenvalue weighted by Gasteiger charge is 1.89. The Labute approximate surface area is 125 Å². The molecule has 0 heterocycles. The van der Waals surface area contributed by atoms with Crippen molar-refractivity contribution in [1.29, 1.82) is 0 Å². The lowest BCUT2D eigenvalue weighted by atomic mass is 10.1. The SMILES string of the molecule is CCC(=O)O.CCCCC=CCCCCCCCCO. The zero-order chi connectivity index (χ0) is 15.5. The van der Waals surface area contributed by atoms with Crippen LogP contribution in [0.1, 0.15) is 84.5 Å². The molecule has 0 saturated carbocycles. The summed E-state index contributed by atoms with van der Waals surface area (Å²) in [5.41, 5.74) is 0. The summed E-state index contributed by atoms with van der Waals surface area (Å²) in [6.45, 7) is 4.20. The standard InChI is InChI=1S/C14H28O.C3H6O2/c1-2-3-4-5-6-7-8-9-10-11-12-13-14-15;1-2-3(4)5/h5-6,15H,2-4,7-14H2,1H3;2H2,1H3,(H,4,5). The summed E-state index contributed by atoms with van der Waals surface area (Å²) in [4.78, 5) is 9.37. The number of hydrogen-bond acceptors (Lipinski definition) is 2. The Balaban J connectivity index is 0. The van der Waals surface area contributed by atoms with E-state index in [0.717, 1.165) is 6.42 Å². The van der Waals surface area contributed by atoms with Gasteiger partial charge in [0.05, 0.1) is 0 Å². The fourth-order valence-electron chi connectivity index (χ4n) is 1.64. The van der Waals surface area contributed by atoms with E-state index < -0.39 is 5.97 Å². The number of aliphatic hydroxyl groups is 1. The Morgan fingerprint density at radius 1 is 0.850 bits per heavy atom. The number of aliphatic carboxylic acids is 1. The molecule has 0 aromatic rings. The van der Waals surface area contributed by atoms with Gasteiger partial charge in [0.15, 0.2) is 0 Å². The third kappa shape index (κ3) is 25.9. The molecule has 0 aromatic carbocycles. The molecule has 0 unspecified atom stereocenters. The van der Waals surface area contributed by atoms with Gasteiger partial charge in [-0.05, 0) is 25.7 Å². The molecule has 120 valence electrons. The van der Waals surface area contributed by atoms with E-state index in [1.54, 1.807) is 6.92 Å². The van der Waals surface area contributed by atoms with Crippen molar-refractivity contribution >= 4 is 5.97 Å². The van der Waals surface area contributed by atoms with Crippen LogP contribution in [0.5, 0.6) is 0 Å². The van der Waals surface area contributed by atoms with E-state index in [2.05, 4.69) is 19.1 Å². The molecule has 0 bridgehead atoms. The fourth-order valence-corrected chi connectivity index (χ4v) is 1.64. The van der Waals surface area contributed by atoms with Crippen LogP contribution in [0.2, 0.25) is 0 Å². The third-order valence-electron chi connectivity index (χ3n) is 2.97. The molecular weight excluding hydrogens is 252 g/mol. The van der Waals surface area contributed by atoms with E-state index in [0.29, 0.717) is 6.61 Å². The zero-order valence-corrected chi connectivity index (χ0v) is 13.4. The Morgan fingerprint density at radius 3 is 1.75 bits per heavy atom. The summed E-state index contributed by atoms with van der Waals surface area (Å²) < 4.78 is 0. The molecule has 0 saturated heterocycles. The van der Waals surface area contributed by atoms with Gasteiger partial charge >= 0.3 is 5.97 Å². The van der Waals surface area contributed by atoms with E-state index in [9.17, 15) is 4.79 Å². The van der Waals surface area contributed by atoms with Crippen molar-refractivity contribution in [3.8, 4) is 0 Å². The van der Waals surface area contributed by atoms with Gasteiger partial charge in [-0.25, -0.2) is 0 Å². The predicted octanol–water partition coefficient (Wildman–Crippen LogP) is 4.94. The van der Waals surface area contributed by atoms with Gasteiger partial charge in [0.1, 0.15) is 0 Å². The molecule has 20 heavy (non-hydrogen) atoms. The highest BCUT2D eigenvalue weighted by Crippen LogP contribution is 2.07. The molecule has 3 heteroatoms. The monoisotopic (exact) mass is 286 g/mol. The van der Waals surface area contributed by atoms with Gasteiger partial charge in [-0.3, -0.25) is 4.79 Å². The Hall–Kier alpha value is -0.830. The van der Waals surface area contributed by atoms with E-state index in [1.165, 1.54) is 57.8 Å². The molecule has 0 rings (SSSR count). The number of hydrogen-bond donors (Lipinski definition) is 2. The Morgan fingerprint density at radius 2 is 1.30 bits per heavy atom. The van der Waals surface area contributed by atoms with Crippen molar-refractivity contribution in [2.45, 2.75) is 84.5 Å². The molecule has 0 aromatic heterocycles. The number of aliphatic hydroxyl groups excluding tert-OH is 1. The lowest BCUT2D eigenvalue weighted by Crippen LogP contribution is -1.86. The zero-order valence-electron chi connectivity index (χ0n) is 13.4. The number of carbonyl (C=O) groups is 1. The van der Waals surface area contributed by atoms with Crippen molar-refractivity contribution in [3.05, 3.63) is 12.2 Å². The summed E-state index contributed by atoms with van der Waals surface area (Å²) in [6.07, 6.45) is 17.5. The summed E-state index contributed by atoms with van der Waals surface area (Å²) >= 11 is 0. The minimum absolute atomic E-state index is 0.222. The molecule has 2 N–H and O–H groups in total. The molecule has 0 radical (unpaired) electrons. The van der Waals surface area contributed by atoms with Crippen molar-refractivity contribution in [1.82, 2.24) is 0 Å². The predicted molar refractivity (Wildman–Crippen MR) is 86.0 cm³/mol. The second-order valence-corrected chi connectivity index (χ2v) is 4.99. The second kappa shape index (κ2) is 20.5. The van der Waals surface area contributed by atoms with Crippen molar-refractivity contribution in [2.75, 3.05) is 6.61 Å². The van der Waals surface area contributed by atoms with Crippen LogP contribution in [0.15, 0.2) is 12.2 Å². The van der Waals surface area contributed by atoms with Crippen LogP contribution in [0.3, 0.4) is 0 Å². The largest absolute Gasteiger partial charge is 0.481 e. The van der Waals surface area contributed by atoms with Crippen LogP contribution >= 0.6 is 0 Å². The average molecular weight is 286 g/mol. The molecule has 0 aliphatic rings. The summed E-state index contributed by atoms with van der Waals surface area (Å²) in [5, 5.41) is 16.3. The van der Waals surface area contributed by atoms with Crippen LogP contribution < -0.4 is 0 Å². The van der Waals surface area contributed by atoms with Crippen LogP contribution in [-0.4, -0.2) is 22.8 Å². The first-order valence-electron chi connectivity index (χ1n) is 8.16. The number of rotatable bonds is 12. The number of allylic oxidation sites excluding steroid dienone is 2. The molecule has 0 fully saturated rings. The van der Waals surface area contributed by atoms with Gasteiger partial charge in [-0.15, -0.1) is 0 Å². The van der Waals surface area contributed by atoms with Gasteiger partial charge in [0.2, 0.25) is 0 Å². The third-order valence-corrected chi connectivity index (χ3v) is 2.97. The van der Waals surface area contributed by atoms with Crippen molar-refractivity contribution < 1.29 is 15.0 Å². The molecule has 0 atom stereocenters. The second-order valence-electron chi connectivity index (χ2n) is 4.99. The molecule has 0 aliphatic heterocycles. The van der Waals surface area contributed by atoms with Crippen molar-refractivity contribution in [2.24, 2.45) is 0 Å². The number of unbranched alkanes of at least 4 members (excludes halogenated alkanes) is 8. The fraction of sp³-hybridized carbons (Fsp3) is 0.824. The molecule has 3 nitrogen and oxygen atoms in total. The highest BCUT2D eigenvalue weighted by atomic mass is 16.4. The molecule has 0 spiro atoms. The van der Waals surface area contributed by atoms with Gasteiger partial charge < -0.3 is 10.2 Å². The van der Waals surface area contributed by atoms with E-state index in [4.69, 9.17) is 10.2 Å². The summed E-state index contributed by atoms with van der Waals surface area (Å²) in [6, 6.07) is 0. The Bertz CT molecular complexity index is 212. The maximum atomic E-state index is 9.37. The van der Waals surface area contributed by atoms with Gasteiger partial charge in [0, 0.05) is 13.0 Å². The number of carboxylic acids is 1. The highest BCUT2D eigenvalue weighted by molar-refractivity contribution is 5.66. The normalized spacial score (nSPS) is 10.3.